The minimum absolute atomic E-state index is 0. The Hall–Kier alpha value is -1.41. The third kappa shape index (κ3) is 16.2. The molecule has 28 heteroatoms. The van der Waals surface area contributed by atoms with Gasteiger partial charge in [0.2, 0.25) is 0 Å². The molecule has 20 nitrogen and oxygen atoms in total. The number of benzene rings is 8. The number of aryl methyl sites for hydroxylation is 7. The Morgan fingerprint density at radius 2 is 0.584 bits per heavy atom. The Morgan fingerprint density at radius 1 is 0.248 bits per heavy atom. The average Bonchev–Trinajstić information content (AvgIpc) is 0.753. The van der Waals surface area contributed by atoms with E-state index < -0.39 is 0 Å². The number of aromatic hydroxyl groups is 6. The number of nitrogens with two attached hydrogens (primary N) is 6. The Morgan fingerprint density at radius 3 is 1.07 bits per heavy atom. The number of phenols is 6. The normalized spacial score (nSPS) is 14.1. The van der Waals surface area contributed by atoms with Crippen LogP contribution in [-0.4, -0.2) is 57.3 Å². The molecule has 8 bridgehead atoms. The summed E-state index contributed by atoms with van der Waals surface area (Å²) in [4.78, 5) is 17.6. The molecular weight excluding hydrogens is 1880 g/mol. The minimum Gasteiger partial charge on any atom is -0.563 e. The van der Waals surface area contributed by atoms with Crippen molar-refractivity contribution in [3.8, 4) is 34.5 Å². The summed E-state index contributed by atoms with van der Waals surface area (Å²) in [5.41, 5.74) is 67.1. The standard InChI is InChI=1S/2C18H20N4O.2C18H19N3O2.CH4.8Y/c1-9-4-12-6-22-8-21(16(12)14(19)11(9)3)7-13-5-10(2)18(23)15(20)17(13)22;1-9-4-10(2)16-12(15(9)20)6-21-8-22(16)7-13-17(21)11(3)5-14(19)18(13)23;1-9-4-14(19)18(23)13-7-21-8-20(16(9)13)6-12-5-15(22)10(2)11(3)17(12)21;1-9-4-12-6-20-8-21(17(12)18(23)10(9)2)7-13-5-14(22)15(19)11(3)16(13)20;;;;;;;;;/h2*23H,6-8,19-20H2,1-3H3;2*22-23H,6-8,19H2,1-3H3;1H4;;;;;;;;/q4*-2;;;;;;;;;. The van der Waals surface area contributed by atoms with E-state index in [1.807, 2.05) is 76.2 Å². The van der Waals surface area contributed by atoms with Crippen LogP contribution in [0.5, 0.6) is 34.5 Å². The number of hydrogen-bond acceptors (Lipinski definition) is 20. The van der Waals surface area contributed by atoms with Gasteiger partial charge >= 0.3 is 0 Å². The maximum atomic E-state index is 10.6. The molecule has 0 saturated heterocycles. The summed E-state index contributed by atoms with van der Waals surface area (Å²) in [5, 5.41) is 61.6. The molecule has 8 aliphatic rings. The van der Waals surface area contributed by atoms with E-state index in [-0.39, 0.29) is 298 Å². The Bertz CT molecular complexity index is 4130. The van der Waals surface area contributed by atoms with Crippen molar-refractivity contribution in [2.24, 2.45) is 0 Å². The molecule has 0 amide bonds. The molecule has 0 saturated carbocycles. The quantitative estimate of drug-likeness (QED) is 0.0382. The number of rotatable bonds is 0. The molecule has 8 heterocycles. The summed E-state index contributed by atoms with van der Waals surface area (Å²) in [6.45, 7) is 31.7. The van der Waals surface area contributed by atoms with Gasteiger partial charge < -0.3 is 104 Å². The molecule has 0 aliphatic carbocycles. The molecule has 0 unspecified atom stereocenters. The van der Waals surface area contributed by atoms with Gasteiger partial charge in [-0.15, -0.1) is 95.6 Å². The molecule has 8 aliphatic heterocycles. The maximum Gasteiger partial charge on any atom is 0.0696 e. The van der Waals surface area contributed by atoms with E-state index in [1.54, 1.807) is 0 Å². The monoisotopic (exact) mass is 1960 g/mol. The second kappa shape index (κ2) is 35.5. The zero-order valence-corrected chi connectivity index (χ0v) is 81.5. The summed E-state index contributed by atoms with van der Waals surface area (Å²) in [7, 11) is 0. The number of phenolic OH excluding ortho intramolecular Hbond substituents is 6. The van der Waals surface area contributed by atoms with Crippen molar-refractivity contribution in [1.29, 1.82) is 0 Å². The summed E-state index contributed by atoms with van der Waals surface area (Å²) in [6, 6.07) is 25.7. The van der Waals surface area contributed by atoms with Crippen LogP contribution in [0.2, 0.25) is 0 Å². The van der Waals surface area contributed by atoms with E-state index in [9.17, 15) is 30.6 Å². The largest absolute Gasteiger partial charge is 0.563 e. The van der Waals surface area contributed by atoms with Crippen molar-refractivity contribution < 1.29 is 292 Å². The van der Waals surface area contributed by atoms with Crippen molar-refractivity contribution in [3.63, 3.8) is 0 Å². The molecule has 512 valence electrons. The van der Waals surface area contributed by atoms with E-state index in [0.29, 0.717) is 93.2 Å². The predicted octanol–water partition coefficient (Wildman–Crippen LogP) is 10.4. The molecule has 8 aromatic rings. The first-order chi connectivity index (χ1) is 43.5. The molecular formula is C73H82N14O6Y8-8. The molecule has 0 fully saturated rings. The van der Waals surface area contributed by atoms with Crippen molar-refractivity contribution >= 4 is 79.6 Å². The summed E-state index contributed by atoms with van der Waals surface area (Å²) in [6.07, 6.45) is 0. The Labute approximate surface area is 796 Å². The van der Waals surface area contributed by atoms with Crippen LogP contribution in [-0.2, 0) is 314 Å². The molecule has 0 aromatic heterocycles. The Balaban J connectivity index is 0.000000277. The van der Waals surface area contributed by atoms with Crippen LogP contribution >= 0.6 is 0 Å². The number of hydrogen-bond donors (Lipinski definition) is 12. The van der Waals surface area contributed by atoms with Crippen molar-refractivity contribution in [1.82, 2.24) is 0 Å². The van der Waals surface area contributed by atoms with Crippen LogP contribution < -0.4 is 73.6 Å². The van der Waals surface area contributed by atoms with Crippen LogP contribution in [0.3, 0.4) is 0 Å². The fraction of sp³-hybridized carbons (Fsp3) is 0.342. The van der Waals surface area contributed by atoms with Crippen LogP contribution in [0.15, 0.2) is 0 Å². The molecule has 8 radical (unpaired) electrons. The van der Waals surface area contributed by atoms with Gasteiger partial charge in [-0.3, -0.25) is 0 Å². The Kier molecular flexibility index (Phi) is 32.3. The average molecular weight is 1960 g/mol. The number of nitrogens with zero attached hydrogens (tertiary/aromatic N) is 8. The van der Waals surface area contributed by atoms with Gasteiger partial charge in [-0.25, -0.2) is 0 Å². The van der Waals surface area contributed by atoms with Crippen LogP contribution in [0, 0.1) is 132 Å². The van der Waals surface area contributed by atoms with E-state index in [0.717, 1.165) is 182 Å². The topological polar surface area (TPSA) is 303 Å². The van der Waals surface area contributed by atoms with Crippen molar-refractivity contribution in [2.45, 2.75) is 143 Å². The van der Waals surface area contributed by atoms with Gasteiger partial charge in [-0.2, -0.15) is 47.5 Å². The van der Waals surface area contributed by atoms with E-state index >= 15 is 0 Å². The van der Waals surface area contributed by atoms with Gasteiger partial charge in [-0.05, 0) is 39.8 Å². The smallest absolute Gasteiger partial charge is 0.0696 e. The predicted molar refractivity (Wildman–Crippen MR) is 371 cm³/mol. The molecule has 0 atom stereocenters. The number of fused-ring (bicyclic) bond motifs is 24. The summed E-state index contributed by atoms with van der Waals surface area (Å²) < 4.78 is 0. The van der Waals surface area contributed by atoms with E-state index in [4.69, 9.17) is 34.4 Å². The fourth-order valence-electron chi connectivity index (χ4n) is 15.1. The van der Waals surface area contributed by atoms with E-state index in [2.05, 4.69) is 94.7 Å². The van der Waals surface area contributed by atoms with E-state index in [1.165, 1.54) is 0 Å². The second-order valence-corrected chi connectivity index (χ2v) is 25.8. The van der Waals surface area contributed by atoms with Gasteiger partial charge in [0.05, 0.1) is 26.7 Å². The number of nitrogen functional groups attached to an aromatic ring is 6. The SMILES string of the molecule is C.Cc1[c-]c(C)c2c(c1N)CN1CN2Cc2c(O)c(N)[c-]c(C)c21.Cc1[c-]c(N)c(O)c2c1N1Cc3[c-]c(O)c(C)c(C)c3N(C2)C1.Cc1[c-]c2c(c(N)c1C)N1Cc3[c-]c(C)c(O)c(N)c3N(C2)C1.Cc1[c-]c2c(c(O)c1C)N1Cc3[c-]c(O)c(N)c(C)c3N(C2)C1.[Y].[Y].[Y].[Y].[Y].[Y].[Y].[Y]. The fourth-order valence-corrected chi connectivity index (χ4v) is 15.1. The molecule has 16 rings (SSSR count). The summed E-state index contributed by atoms with van der Waals surface area (Å²) >= 11 is 0. The first kappa shape index (κ1) is 92.0. The first-order valence-electron chi connectivity index (χ1n) is 30.8. The van der Waals surface area contributed by atoms with Gasteiger partial charge in [0.15, 0.2) is 0 Å². The third-order valence-corrected chi connectivity index (χ3v) is 19.9. The van der Waals surface area contributed by atoms with Crippen LogP contribution in [0.4, 0.5) is 79.6 Å². The molecule has 101 heavy (non-hydrogen) atoms. The zero-order valence-electron chi connectivity index (χ0n) is 58.8. The van der Waals surface area contributed by atoms with Gasteiger partial charge in [-0.1, -0.05) is 147 Å². The van der Waals surface area contributed by atoms with Gasteiger partial charge in [0.1, 0.15) is 0 Å². The maximum absolute atomic E-state index is 10.6. The molecule has 0 spiro atoms. The molecule has 8 aromatic carbocycles. The van der Waals surface area contributed by atoms with Crippen LogP contribution in [0.25, 0.3) is 0 Å². The van der Waals surface area contributed by atoms with Crippen molar-refractivity contribution in [3.05, 3.63) is 160 Å². The van der Waals surface area contributed by atoms with Crippen molar-refractivity contribution in [2.75, 3.05) is 100 Å². The van der Waals surface area contributed by atoms with Crippen LogP contribution in [0.1, 0.15) is 119 Å². The third-order valence-electron chi connectivity index (χ3n) is 19.9. The summed E-state index contributed by atoms with van der Waals surface area (Å²) in [5.74, 6) is 0.945. The zero-order chi connectivity index (χ0) is 65.9. The van der Waals surface area contributed by atoms with Gasteiger partial charge in [0, 0.05) is 349 Å². The van der Waals surface area contributed by atoms with Gasteiger partial charge in [0.25, 0.3) is 0 Å². The second-order valence-electron chi connectivity index (χ2n) is 25.8. The molecule has 18 N–H and O–H groups in total. The first-order valence-corrected chi connectivity index (χ1v) is 30.8. The minimum atomic E-state index is -0.000261. The number of anilines is 14.